The number of nitriles is 2. The second kappa shape index (κ2) is 7.23. The number of carbonyl (C=O) groups is 1. The summed E-state index contributed by atoms with van der Waals surface area (Å²) in [5.41, 5.74) is 2.28. The van der Waals surface area contributed by atoms with Crippen LogP contribution in [0.4, 0.5) is 28.7 Å². The number of halogens is 1. The number of hydrogen-bond acceptors (Lipinski definition) is 8. The first-order valence-corrected chi connectivity index (χ1v) is 9.12. The molecule has 0 spiro atoms. The number of rotatable bonds is 2. The number of nitrogens with one attached hydrogen (secondary N) is 1. The fourth-order valence-corrected chi connectivity index (χ4v) is 3.26. The van der Waals surface area contributed by atoms with Crippen LogP contribution in [0.2, 0.25) is 0 Å². The molecule has 0 saturated carbocycles. The molecule has 29 heavy (non-hydrogen) atoms. The first kappa shape index (κ1) is 18.4. The lowest BCUT2D eigenvalue weighted by molar-refractivity contribution is 0.0601. The highest BCUT2D eigenvalue weighted by molar-refractivity contribution is 9.10. The van der Waals surface area contributed by atoms with E-state index in [-0.39, 0.29) is 11.4 Å². The normalized spacial score (nSPS) is 11.4. The molecule has 0 saturated heterocycles. The molecule has 0 bridgehead atoms. The van der Waals surface area contributed by atoms with E-state index in [0.29, 0.717) is 28.6 Å². The van der Waals surface area contributed by atoms with Gasteiger partial charge in [-0.05, 0) is 42.5 Å². The first-order chi connectivity index (χ1) is 14.0. The summed E-state index contributed by atoms with van der Waals surface area (Å²) in [6, 6.07) is 16.4. The lowest BCUT2D eigenvalue weighted by Crippen LogP contribution is -2.21. The Bertz CT molecular complexity index is 1230. The summed E-state index contributed by atoms with van der Waals surface area (Å²) >= 11 is 3.42. The predicted molar refractivity (Wildman–Crippen MR) is 108 cm³/mol. The van der Waals surface area contributed by atoms with E-state index in [9.17, 15) is 15.3 Å². The summed E-state index contributed by atoms with van der Waals surface area (Å²) in [6.07, 6.45) is 0. The van der Waals surface area contributed by atoms with Crippen molar-refractivity contribution in [1.82, 2.24) is 9.97 Å². The molecule has 1 aliphatic heterocycles. The molecule has 2 aromatic carbocycles. The summed E-state index contributed by atoms with van der Waals surface area (Å²) in [7, 11) is 1.31. The van der Waals surface area contributed by atoms with Gasteiger partial charge in [-0.2, -0.15) is 10.5 Å². The number of carbonyl (C=O) groups excluding carboxylic acids is 1. The Morgan fingerprint density at radius 3 is 2.45 bits per heavy atom. The molecule has 140 valence electrons. The third-order valence-electron chi connectivity index (χ3n) is 4.30. The number of ether oxygens (including phenoxy) is 1. The molecule has 0 aliphatic carbocycles. The van der Waals surface area contributed by atoms with Gasteiger partial charge in [0.05, 0.1) is 24.0 Å². The molecule has 8 nitrogen and oxygen atoms in total. The van der Waals surface area contributed by atoms with Crippen molar-refractivity contribution in [3.05, 3.63) is 63.9 Å². The number of nitrogens with zero attached hydrogens (tertiary/aromatic N) is 5. The molecular formula is C20H11BrN6O2. The van der Waals surface area contributed by atoms with Crippen molar-refractivity contribution in [3.8, 4) is 12.1 Å². The molecule has 1 N–H and O–H groups in total. The van der Waals surface area contributed by atoms with Gasteiger partial charge >= 0.3 is 5.97 Å². The van der Waals surface area contributed by atoms with Crippen LogP contribution < -0.4 is 10.2 Å². The van der Waals surface area contributed by atoms with E-state index in [0.717, 1.165) is 10.2 Å². The maximum Gasteiger partial charge on any atom is 0.337 e. The zero-order valence-corrected chi connectivity index (χ0v) is 16.6. The van der Waals surface area contributed by atoms with Crippen LogP contribution >= 0.6 is 15.9 Å². The van der Waals surface area contributed by atoms with Crippen molar-refractivity contribution in [2.24, 2.45) is 0 Å². The molecule has 0 unspecified atom stereocenters. The first-order valence-electron chi connectivity index (χ1n) is 8.33. The third-order valence-corrected chi connectivity index (χ3v) is 4.83. The molecule has 0 radical (unpaired) electrons. The Morgan fingerprint density at radius 1 is 1.10 bits per heavy atom. The SMILES string of the molecule is COC(=O)c1ccc2c(c1)Nc1nc(C#N)c(C#N)nc1N2c1ccc(Br)cc1. The molecular weight excluding hydrogens is 436 g/mol. The highest BCUT2D eigenvalue weighted by atomic mass is 79.9. The summed E-state index contributed by atoms with van der Waals surface area (Å²) in [6.45, 7) is 0. The number of methoxy groups -OCH3 is 1. The number of esters is 1. The fourth-order valence-electron chi connectivity index (χ4n) is 2.99. The van der Waals surface area contributed by atoms with Crippen molar-refractivity contribution < 1.29 is 9.53 Å². The van der Waals surface area contributed by atoms with E-state index in [1.54, 1.807) is 18.2 Å². The summed E-state index contributed by atoms with van der Waals surface area (Å²) < 4.78 is 5.70. The zero-order valence-electron chi connectivity index (χ0n) is 15.0. The van der Waals surface area contributed by atoms with Crippen LogP contribution in [0.3, 0.4) is 0 Å². The summed E-state index contributed by atoms with van der Waals surface area (Å²) in [5.74, 6) is 0.207. The van der Waals surface area contributed by atoms with Gasteiger partial charge in [0.2, 0.25) is 0 Å². The second-order valence-corrected chi connectivity index (χ2v) is 6.89. The average molecular weight is 447 g/mol. The predicted octanol–water partition coefficient (Wildman–Crippen LogP) is 4.30. The Morgan fingerprint density at radius 2 is 1.79 bits per heavy atom. The van der Waals surface area contributed by atoms with Gasteiger partial charge < -0.3 is 10.1 Å². The van der Waals surface area contributed by atoms with Gasteiger partial charge in [-0.1, -0.05) is 15.9 Å². The number of fused-ring (bicyclic) bond motifs is 2. The van der Waals surface area contributed by atoms with Crippen molar-refractivity contribution >= 4 is 50.6 Å². The minimum absolute atomic E-state index is 0.0650. The minimum atomic E-state index is -0.473. The topological polar surface area (TPSA) is 115 Å². The van der Waals surface area contributed by atoms with Crippen LogP contribution in [0, 0.1) is 22.7 Å². The van der Waals surface area contributed by atoms with Crippen LogP contribution in [-0.2, 0) is 4.74 Å². The number of hydrogen-bond donors (Lipinski definition) is 1. The molecule has 1 aliphatic rings. The number of benzene rings is 2. The Kier molecular flexibility index (Phi) is 4.59. The highest BCUT2D eigenvalue weighted by Gasteiger charge is 2.29. The number of aromatic nitrogens is 2. The molecule has 1 aromatic heterocycles. The fraction of sp³-hybridized carbons (Fsp3) is 0.0500. The summed E-state index contributed by atoms with van der Waals surface area (Å²) in [5, 5.41) is 21.8. The van der Waals surface area contributed by atoms with Gasteiger partial charge in [0.15, 0.2) is 23.0 Å². The molecule has 3 aromatic rings. The van der Waals surface area contributed by atoms with Crippen molar-refractivity contribution in [2.75, 3.05) is 17.3 Å². The van der Waals surface area contributed by atoms with E-state index in [2.05, 4.69) is 31.2 Å². The van der Waals surface area contributed by atoms with Crippen LogP contribution in [-0.4, -0.2) is 23.0 Å². The van der Waals surface area contributed by atoms with Gasteiger partial charge in [0.1, 0.15) is 12.1 Å². The Labute approximate surface area is 174 Å². The molecule has 2 heterocycles. The van der Waals surface area contributed by atoms with E-state index < -0.39 is 5.97 Å². The molecule has 9 heteroatoms. The van der Waals surface area contributed by atoms with Gasteiger partial charge in [-0.25, -0.2) is 14.8 Å². The van der Waals surface area contributed by atoms with Crippen LogP contribution in [0.25, 0.3) is 0 Å². The van der Waals surface area contributed by atoms with E-state index in [4.69, 9.17) is 4.74 Å². The smallest absolute Gasteiger partial charge is 0.337 e. The average Bonchev–Trinajstić information content (AvgIpc) is 2.76. The van der Waals surface area contributed by atoms with Crippen LogP contribution in [0.5, 0.6) is 0 Å². The number of anilines is 5. The lowest BCUT2D eigenvalue weighted by Gasteiger charge is -2.32. The molecule has 0 atom stereocenters. The van der Waals surface area contributed by atoms with E-state index in [1.165, 1.54) is 7.11 Å². The zero-order chi connectivity index (χ0) is 20.5. The van der Waals surface area contributed by atoms with Crippen LogP contribution in [0.15, 0.2) is 46.9 Å². The molecule has 0 amide bonds. The minimum Gasteiger partial charge on any atom is -0.465 e. The third kappa shape index (κ3) is 3.14. The Balaban J connectivity index is 1.96. The van der Waals surface area contributed by atoms with Gasteiger partial charge in [-0.3, -0.25) is 4.90 Å². The van der Waals surface area contributed by atoms with E-state index >= 15 is 0 Å². The molecule has 0 fully saturated rings. The standard InChI is InChI=1S/C20H11BrN6O2/c1-29-20(28)11-2-7-17-14(8-11)24-18-19(26-16(10-23)15(9-22)25-18)27(17)13-5-3-12(21)4-6-13/h2-8H,1H3,(H,24,25). The quantitative estimate of drug-likeness (QED) is 0.453. The summed E-state index contributed by atoms with van der Waals surface area (Å²) in [4.78, 5) is 22.4. The lowest BCUT2D eigenvalue weighted by atomic mass is 10.1. The van der Waals surface area contributed by atoms with Crippen molar-refractivity contribution in [2.45, 2.75) is 0 Å². The molecule has 4 rings (SSSR count). The van der Waals surface area contributed by atoms with Crippen LogP contribution in [0.1, 0.15) is 21.7 Å². The maximum absolute atomic E-state index is 11.9. The van der Waals surface area contributed by atoms with Gasteiger partial charge in [0, 0.05) is 10.2 Å². The largest absolute Gasteiger partial charge is 0.465 e. The maximum atomic E-state index is 11.9. The van der Waals surface area contributed by atoms with E-state index in [1.807, 2.05) is 41.3 Å². The van der Waals surface area contributed by atoms with Crippen molar-refractivity contribution in [1.29, 1.82) is 10.5 Å². The highest BCUT2D eigenvalue weighted by Crippen LogP contribution is 2.46. The Hall–Kier alpha value is -3.95. The monoisotopic (exact) mass is 446 g/mol. The van der Waals surface area contributed by atoms with Gasteiger partial charge in [-0.15, -0.1) is 0 Å². The van der Waals surface area contributed by atoms with Crippen molar-refractivity contribution in [3.63, 3.8) is 0 Å². The second-order valence-electron chi connectivity index (χ2n) is 5.98. The van der Waals surface area contributed by atoms with Gasteiger partial charge in [0.25, 0.3) is 0 Å².